The minimum atomic E-state index is -0.716. The summed E-state index contributed by atoms with van der Waals surface area (Å²) in [5, 5.41) is 0.377. The fourth-order valence-corrected chi connectivity index (χ4v) is 1.54. The van der Waals surface area contributed by atoms with Crippen molar-refractivity contribution < 1.29 is 9.53 Å². The van der Waals surface area contributed by atoms with Crippen molar-refractivity contribution in [1.82, 2.24) is 0 Å². The largest absolute Gasteiger partial charge is 0.481 e. The lowest BCUT2D eigenvalue weighted by Gasteiger charge is -2.12. The smallest absolute Gasteiger partial charge is 0.258 e. The van der Waals surface area contributed by atoms with Crippen molar-refractivity contribution in [3.05, 3.63) is 28.8 Å². The van der Waals surface area contributed by atoms with E-state index in [1.54, 1.807) is 19.1 Å². The molecule has 86 valence electrons. The zero-order chi connectivity index (χ0) is 12.3. The molecule has 6 heteroatoms. The topological polar surface area (TPSA) is 78.3 Å². The molecule has 0 fully saturated rings. The lowest BCUT2D eigenvalue weighted by Crippen LogP contribution is -2.30. The lowest BCUT2D eigenvalue weighted by molar-refractivity contribution is -0.123. The number of amides is 1. The first-order valence-electron chi connectivity index (χ1n) is 4.47. The Morgan fingerprint density at radius 3 is 2.56 bits per heavy atom. The zero-order valence-electron chi connectivity index (χ0n) is 8.57. The first-order valence-corrected chi connectivity index (χ1v) is 5.25. The van der Waals surface area contributed by atoms with Crippen LogP contribution in [-0.2, 0) is 4.79 Å². The lowest BCUT2D eigenvalue weighted by atomic mass is 10.2. The van der Waals surface area contributed by atoms with Gasteiger partial charge >= 0.3 is 0 Å². The van der Waals surface area contributed by atoms with Crippen LogP contribution in [0.25, 0.3) is 0 Å². The van der Waals surface area contributed by atoms with Gasteiger partial charge in [0.2, 0.25) is 0 Å². The molecule has 0 saturated carbocycles. The fourth-order valence-electron chi connectivity index (χ4n) is 1.03. The maximum atomic E-state index is 10.8. The van der Waals surface area contributed by atoms with E-state index in [9.17, 15) is 4.79 Å². The van der Waals surface area contributed by atoms with Crippen molar-refractivity contribution in [2.24, 2.45) is 11.5 Å². The molecule has 0 aliphatic heterocycles. The molecule has 1 unspecified atom stereocenters. The summed E-state index contributed by atoms with van der Waals surface area (Å²) in [5.74, 6) is -0.106. The number of benzene rings is 1. The van der Waals surface area contributed by atoms with Crippen molar-refractivity contribution in [3.8, 4) is 5.75 Å². The number of hydrogen-bond donors (Lipinski definition) is 2. The van der Waals surface area contributed by atoms with Crippen LogP contribution in [0.1, 0.15) is 12.5 Å². The summed E-state index contributed by atoms with van der Waals surface area (Å²) in [4.78, 5) is 11.0. The van der Waals surface area contributed by atoms with E-state index in [1.807, 2.05) is 0 Å². The minimum Gasteiger partial charge on any atom is -0.481 e. The van der Waals surface area contributed by atoms with E-state index in [0.717, 1.165) is 0 Å². The Morgan fingerprint density at radius 2 is 2.12 bits per heavy atom. The normalized spacial score (nSPS) is 11.9. The van der Waals surface area contributed by atoms with Crippen LogP contribution in [0.5, 0.6) is 5.75 Å². The number of thiocarbonyl (C=S) groups is 1. The van der Waals surface area contributed by atoms with E-state index in [-0.39, 0.29) is 4.99 Å². The van der Waals surface area contributed by atoms with Crippen molar-refractivity contribution in [1.29, 1.82) is 0 Å². The molecule has 1 rings (SSSR count). The number of ether oxygens (including phenoxy) is 1. The molecule has 0 spiro atoms. The first-order chi connectivity index (χ1) is 7.41. The van der Waals surface area contributed by atoms with E-state index < -0.39 is 12.0 Å². The van der Waals surface area contributed by atoms with Gasteiger partial charge in [-0.15, -0.1) is 0 Å². The minimum absolute atomic E-state index is 0.208. The molecule has 16 heavy (non-hydrogen) atoms. The Morgan fingerprint density at radius 1 is 1.50 bits per heavy atom. The number of hydrogen-bond acceptors (Lipinski definition) is 3. The Hall–Kier alpha value is -1.33. The first kappa shape index (κ1) is 12.7. The summed E-state index contributed by atoms with van der Waals surface area (Å²) in [7, 11) is 0. The summed E-state index contributed by atoms with van der Waals surface area (Å²) >= 11 is 10.7. The summed E-state index contributed by atoms with van der Waals surface area (Å²) < 4.78 is 5.25. The van der Waals surface area contributed by atoms with Gasteiger partial charge in [-0.3, -0.25) is 4.79 Å². The van der Waals surface area contributed by atoms with E-state index in [0.29, 0.717) is 16.3 Å². The molecule has 0 saturated heterocycles. The molecule has 4 nitrogen and oxygen atoms in total. The second-order valence-corrected chi connectivity index (χ2v) is 4.02. The highest BCUT2D eigenvalue weighted by molar-refractivity contribution is 7.80. The van der Waals surface area contributed by atoms with E-state index in [2.05, 4.69) is 0 Å². The predicted octanol–water partition coefficient (Wildman–Crippen LogP) is 1.23. The van der Waals surface area contributed by atoms with Crippen LogP contribution in [0.15, 0.2) is 18.2 Å². The Labute approximate surface area is 104 Å². The van der Waals surface area contributed by atoms with Gasteiger partial charge in [0.1, 0.15) is 10.7 Å². The van der Waals surface area contributed by atoms with Gasteiger partial charge in [0.05, 0.1) is 5.02 Å². The van der Waals surface area contributed by atoms with Gasteiger partial charge in [0.15, 0.2) is 6.10 Å². The molecule has 1 atom stereocenters. The number of halogens is 1. The van der Waals surface area contributed by atoms with Crippen LogP contribution in [0.2, 0.25) is 5.02 Å². The quantitative estimate of drug-likeness (QED) is 0.796. The van der Waals surface area contributed by atoms with Crippen LogP contribution in [0.3, 0.4) is 0 Å². The van der Waals surface area contributed by atoms with Crippen LogP contribution < -0.4 is 16.2 Å². The fraction of sp³-hybridized carbons (Fsp3) is 0.200. The third-order valence-corrected chi connectivity index (χ3v) is 2.45. The molecule has 0 aromatic heterocycles. The van der Waals surface area contributed by atoms with Gasteiger partial charge in [-0.05, 0) is 25.1 Å². The number of carbonyl (C=O) groups excluding carboxylic acids is 1. The number of nitrogens with two attached hydrogens (primary N) is 2. The van der Waals surface area contributed by atoms with Gasteiger partial charge in [-0.2, -0.15) is 0 Å². The molecule has 0 aliphatic carbocycles. The van der Waals surface area contributed by atoms with Crippen molar-refractivity contribution in [3.63, 3.8) is 0 Å². The number of rotatable bonds is 4. The highest BCUT2D eigenvalue weighted by Gasteiger charge is 2.11. The van der Waals surface area contributed by atoms with Crippen LogP contribution in [-0.4, -0.2) is 17.0 Å². The molecule has 0 radical (unpaired) electrons. The molecular formula is C10H11ClN2O2S. The van der Waals surface area contributed by atoms with E-state index in [4.69, 9.17) is 40.0 Å². The van der Waals surface area contributed by atoms with E-state index >= 15 is 0 Å². The van der Waals surface area contributed by atoms with Crippen LogP contribution >= 0.6 is 23.8 Å². The molecular weight excluding hydrogens is 248 g/mol. The SMILES string of the molecule is CC(Oc1ccc(C(N)=S)c(Cl)c1)C(N)=O. The van der Waals surface area contributed by atoms with Gasteiger partial charge < -0.3 is 16.2 Å². The molecule has 0 bridgehead atoms. The maximum Gasteiger partial charge on any atom is 0.258 e. The second kappa shape index (κ2) is 5.14. The summed E-state index contributed by atoms with van der Waals surface area (Å²) in [5.41, 5.74) is 11.1. The third kappa shape index (κ3) is 3.08. The summed E-state index contributed by atoms with van der Waals surface area (Å²) in [6.07, 6.45) is -0.716. The number of primary amides is 1. The summed E-state index contributed by atoms with van der Waals surface area (Å²) in [6.45, 7) is 1.55. The van der Waals surface area contributed by atoms with Crippen molar-refractivity contribution in [2.45, 2.75) is 13.0 Å². The summed E-state index contributed by atoms with van der Waals surface area (Å²) in [6, 6.07) is 4.79. The standard InChI is InChI=1S/C10H11ClN2O2S/c1-5(9(12)14)15-6-2-3-7(10(13)16)8(11)4-6/h2-5H,1H3,(H2,12,14)(H2,13,16). The Kier molecular flexibility index (Phi) is 4.09. The van der Waals surface area contributed by atoms with Crippen LogP contribution in [0.4, 0.5) is 0 Å². The molecule has 1 aromatic carbocycles. The Bertz CT molecular complexity index is 437. The predicted molar refractivity (Wildman–Crippen MR) is 66.6 cm³/mol. The molecule has 0 aliphatic rings. The number of carbonyl (C=O) groups is 1. The van der Waals surface area contributed by atoms with Gasteiger partial charge in [-0.25, -0.2) is 0 Å². The zero-order valence-corrected chi connectivity index (χ0v) is 10.1. The highest BCUT2D eigenvalue weighted by atomic mass is 35.5. The Balaban J connectivity index is 2.89. The third-order valence-electron chi connectivity index (χ3n) is 1.92. The second-order valence-electron chi connectivity index (χ2n) is 3.17. The van der Waals surface area contributed by atoms with Gasteiger partial charge in [-0.1, -0.05) is 23.8 Å². The van der Waals surface area contributed by atoms with E-state index in [1.165, 1.54) is 6.07 Å². The molecule has 0 heterocycles. The van der Waals surface area contributed by atoms with Gasteiger partial charge in [0, 0.05) is 5.56 Å². The molecule has 1 aromatic rings. The van der Waals surface area contributed by atoms with Crippen LogP contribution in [0, 0.1) is 0 Å². The molecule has 4 N–H and O–H groups in total. The van der Waals surface area contributed by atoms with Crippen molar-refractivity contribution >= 4 is 34.7 Å². The average Bonchev–Trinajstić information content (AvgIpc) is 2.16. The molecule has 1 amide bonds. The monoisotopic (exact) mass is 258 g/mol. The highest BCUT2D eigenvalue weighted by Crippen LogP contribution is 2.23. The average molecular weight is 259 g/mol. The van der Waals surface area contributed by atoms with Crippen molar-refractivity contribution in [2.75, 3.05) is 0 Å². The van der Waals surface area contributed by atoms with Gasteiger partial charge in [0.25, 0.3) is 5.91 Å². The maximum absolute atomic E-state index is 10.8.